The highest BCUT2D eigenvalue weighted by molar-refractivity contribution is 8.04. The van der Waals surface area contributed by atoms with E-state index in [0.29, 0.717) is 0 Å². The van der Waals surface area contributed by atoms with Gasteiger partial charge in [-0.3, -0.25) is 14.4 Å². The van der Waals surface area contributed by atoms with Crippen LogP contribution in [-0.2, 0) is 14.4 Å². The molecule has 0 atom stereocenters. The Balaban J connectivity index is 1.29. The second-order valence-electron chi connectivity index (χ2n) is 11.2. The first kappa shape index (κ1) is 32.1. The van der Waals surface area contributed by atoms with Crippen LogP contribution >= 0.6 is 35.3 Å². The molecular weight excluding hydrogens is 655 g/mol. The Morgan fingerprint density at radius 2 is 0.708 bits per heavy atom. The monoisotopic (exact) mass is 687 g/mol. The normalized spacial score (nSPS) is 21.4. The molecule has 0 radical (unpaired) electrons. The fraction of sp³-hybridized carbons (Fsp3) is 0.154. The Morgan fingerprint density at radius 3 is 0.979 bits per heavy atom. The number of rotatable bonds is 6. The smallest absolute Gasteiger partial charge is 0.200 e. The van der Waals surface area contributed by atoms with Crippen molar-refractivity contribution < 1.29 is 14.4 Å². The number of carbonyl (C=O) groups excluding carboxylic acids is 3. The third-order valence-corrected chi connectivity index (χ3v) is 11.9. The molecule has 3 aliphatic heterocycles. The maximum atomic E-state index is 14.0. The predicted molar refractivity (Wildman–Crippen MR) is 199 cm³/mol. The lowest BCUT2D eigenvalue weighted by molar-refractivity contribution is -0.124. The van der Waals surface area contributed by atoms with Gasteiger partial charge in [0, 0.05) is 34.3 Å². The van der Waals surface area contributed by atoms with E-state index in [4.69, 9.17) is 0 Å². The molecule has 0 amide bonds. The van der Waals surface area contributed by atoms with E-state index < -0.39 is 17.3 Å². The zero-order chi connectivity index (χ0) is 33.4. The van der Waals surface area contributed by atoms with Crippen molar-refractivity contribution >= 4 is 69.7 Å². The molecule has 48 heavy (non-hydrogen) atoms. The number of nitrogens with zero attached hydrogens (tertiary/aromatic N) is 3. The fourth-order valence-electron chi connectivity index (χ4n) is 6.17. The van der Waals surface area contributed by atoms with Gasteiger partial charge in [-0.25, -0.2) is 0 Å². The van der Waals surface area contributed by atoms with Crippen LogP contribution in [0, 0.1) is 0 Å². The summed E-state index contributed by atoms with van der Waals surface area (Å²) in [5, 5.41) is 2.75. The van der Waals surface area contributed by atoms with Crippen molar-refractivity contribution in [3.05, 3.63) is 141 Å². The zero-order valence-electron chi connectivity index (χ0n) is 26.8. The lowest BCUT2D eigenvalue weighted by Gasteiger charge is -2.20. The van der Waals surface area contributed by atoms with Gasteiger partial charge >= 0.3 is 0 Å². The molecule has 9 heteroatoms. The van der Waals surface area contributed by atoms with Crippen LogP contribution in [0.2, 0.25) is 0 Å². The molecule has 240 valence electrons. The van der Waals surface area contributed by atoms with Gasteiger partial charge in [0.2, 0.25) is 17.3 Å². The first-order valence-corrected chi connectivity index (χ1v) is 18.4. The lowest BCUT2D eigenvalue weighted by atomic mass is 9.82. The van der Waals surface area contributed by atoms with E-state index in [1.54, 1.807) is 53.5 Å². The Labute approximate surface area is 293 Å². The van der Waals surface area contributed by atoms with Crippen LogP contribution in [-0.4, -0.2) is 37.0 Å². The number of para-hydroxylation sites is 3. The van der Waals surface area contributed by atoms with E-state index in [1.807, 2.05) is 54.6 Å². The molecule has 1 aliphatic carbocycles. The first-order chi connectivity index (χ1) is 23.4. The van der Waals surface area contributed by atoms with Crippen LogP contribution in [0.25, 0.3) is 0 Å². The minimum absolute atomic E-state index is 0.0200. The molecule has 3 heterocycles. The molecule has 0 unspecified atom stereocenters. The van der Waals surface area contributed by atoms with Crippen LogP contribution in [0.1, 0.15) is 20.8 Å². The highest BCUT2D eigenvalue weighted by Gasteiger charge is 2.38. The van der Waals surface area contributed by atoms with Crippen LogP contribution in [0.4, 0.5) is 17.1 Å². The average Bonchev–Trinajstić information content (AvgIpc) is 3.77. The number of anilines is 3. The number of benzene rings is 3. The fourth-order valence-corrected chi connectivity index (χ4v) is 9.56. The van der Waals surface area contributed by atoms with Gasteiger partial charge in [0.05, 0.1) is 48.9 Å². The SMILES string of the molecule is CCN1/C(=C/C=C2C(=O)C(=C/C=C3\Sc4ccccc4N3CC)C(=O)C(=C/C=C3/Sc4ccccc4N3CC)C2=O)Sc2ccccc21. The molecule has 7 rings (SSSR count). The van der Waals surface area contributed by atoms with E-state index in [9.17, 15) is 14.4 Å². The van der Waals surface area contributed by atoms with Crippen LogP contribution < -0.4 is 14.7 Å². The van der Waals surface area contributed by atoms with Gasteiger partial charge in [-0.1, -0.05) is 71.7 Å². The number of carbonyl (C=O) groups is 3. The number of hydrogen-bond donors (Lipinski definition) is 0. The molecule has 4 aliphatic rings. The molecular formula is C39H33N3O3S3. The maximum Gasteiger partial charge on any atom is 0.200 e. The molecule has 0 saturated heterocycles. The van der Waals surface area contributed by atoms with Gasteiger partial charge in [-0.05, 0) is 93.6 Å². The standard InChI is InChI=1S/C39H33N3O3S3/c1-4-40-28-13-7-10-16-31(28)46-34(40)22-19-25-37(43)26(20-23-35-41(5-2)29-14-8-11-17-32(29)47-35)39(45)27(38(25)44)21-24-36-42(6-3)30-15-9-12-18-33(30)48-36/h7-24H,4-6H2,1-3H3/b25-19?,26-20?,27-21?,34-22-,35-23-,36-24+. The average molecular weight is 688 g/mol. The van der Waals surface area contributed by atoms with Gasteiger partial charge in [0.15, 0.2) is 0 Å². The lowest BCUT2D eigenvalue weighted by Crippen LogP contribution is -2.31. The molecule has 0 bridgehead atoms. The molecule has 0 N–H and O–H groups in total. The van der Waals surface area contributed by atoms with Crippen molar-refractivity contribution in [3.8, 4) is 0 Å². The number of fused-ring (bicyclic) bond motifs is 3. The zero-order valence-corrected chi connectivity index (χ0v) is 29.3. The molecule has 3 aromatic rings. The Bertz CT molecular complexity index is 1800. The minimum Gasteiger partial charge on any atom is -0.335 e. The minimum atomic E-state index is -0.562. The summed E-state index contributed by atoms with van der Waals surface area (Å²) in [5.41, 5.74) is 3.22. The van der Waals surface area contributed by atoms with Crippen molar-refractivity contribution in [2.45, 2.75) is 35.5 Å². The number of thioether (sulfide) groups is 3. The van der Waals surface area contributed by atoms with E-state index in [1.165, 1.54) is 0 Å². The molecule has 0 spiro atoms. The molecule has 1 fully saturated rings. The molecule has 6 nitrogen and oxygen atoms in total. The third-order valence-electron chi connectivity index (χ3n) is 8.50. The van der Waals surface area contributed by atoms with E-state index >= 15 is 0 Å². The Kier molecular flexibility index (Phi) is 9.09. The highest BCUT2D eigenvalue weighted by Crippen LogP contribution is 2.48. The predicted octanol–water partition coefficient (Wildman–Crippen LogP) is 8.91. The van der Waals surface area contributed by atoms with Crippen LogP contribution in [0.15, 0.2) is 156 Å². The molecule has 3 aromatic carbocycles. The first-order valence-electron chi connectivity index (χ1n) is 16.0. The van der Waals surface area contributed by atoms with Gasteiger partial charge in [-0.15, -0.1) is 0 Å². The highest BCUT2D eigenvalue weighted by atomic mass is 32.2. The summed E-state index contributed by atoms with van der Waals surface area (Å²) in [6.07, 6.45) is 10.2. The summed E-state index contributed by atoms with van der Waals surface area (Å²) in [6.45, 7) is 8.41. The summed E-state index contributed by atoms with van der Waals surface area (Å²) in [7, 11) is 0. The summed E-state index contributed by atoms with van der Waals surface area (Å²) in [4.78, 5) is 51.9. The summed E-state index contributed by atoms with van der Waals surface area (Å²) >= 11 is 4.79. The van der Waals surface area contributed by atoms with Crippen molar-refractivity contribution in [3.63, 3.8) is 0 Å². The topological polar surface area (TPSA) is 60.9 Å². The molecule has 0 aromatic heterocycles. The summed E-state index contributed by atoms with van der Waals surface area (Å²) in [5.74, 6) is -1.68. The van der Waals surface area contributed by atoms with Crippen molar-refractivity contribution in [2.24, 2.45) is 0 Å². The summed E-state index contributed by atoms with van der Waals surface area (Å²) in [6, 6.07) is 24.4. The van der Waals surface area contributed by atoms with Gasteiger partial charge in [0.1, 0.15) is 0 Å². The molecule has 1 saturated carbocycles. The van der Waals surface area contributed by atoms with Crippen molar-refractivity contribution in [2.75, 3.05) is 34.3 Å². The number of ketones is 3. The third kappa shape index (κ3) is 5.70. The summed E-state index contributed by atoms with van der Waals surface area (Å²) < 4.78 is 0. The van der Waals surface area contributed by atoms with Gasteiger partial charge in [0.25, 0.3) is 0 Å². The van der Waals surface area contributed by atoms with Crippen molar-refractivity contribution in [1.82, 2.24) is 0 Å². The van der Waals surface area contributed by atoms with Gasteiger partial charge < -0.3 is 14.7 Å². The Morgan fingerprint density at radius 1 is 0.438 bits per heavy atom. The number of Topliss-reactive ketones (excluding diaryl/α,β-unsaturated/α-hetero) is 3. The van der Waals surface area contributed by atoms with Crippen LogP contribution in [0.3, 0.4) is 0 Å². The van der Waals surface area contributed by atoms with E-state index in [2.05, 4.69) is 71.9 Å². The second kappa shape index (κ2) is 13.6. The van der Waals surface area contributed by atoms with E-state index in [-0.39, 0.29) is 16.7 Å². The Hall–Kier alpha value is -4.44. The number of hydrogen-bond acceptors (Lipinski definition) is 9. The maximum absolute atomic E-state index is 14.0. The quantitative estimate of drug-likeness (QED) is 0.187. The second-order valence-corrected chi connectivity index (χ2v) is 14.4. The number of allylic oxidation sites excluding steroid dienone is 9. The van der Waals surface area contributed by atoms with Crippen LogP contribution in [0.5, 0.6) is 0 Å². The van der Waals surface area contributed by atoms with Gasteiger partial charge in [-0.2, -0.15) is 0 Å². The largest absolute Gasteiger partial charge is 0.335 e. The van der Waals surface area contributed by atoms with Crippen molar-refractivity contribution in [1.29, 1.82) is 0 Å². The van der Waals surface area contributed by atoms with E-state index in [0.717, 1.165) is 66.5 Å².